The molecule has 1 atom stereocenters. The van der Waals surface area contributed by atoms with Crippen LogP contribution in [0.25, 0.3) is 0 Å². The van der Waals surface area contributed by atoms with E-state index in [4.69, 9.17) is 14.2 Å². The molecule has 1 saturated heterocycles. The first kappa shape index (κ1) is 12.5. The van der Waals surface area contributed by atoms with Gasteiger partial charge in [-0.1, -0.05) is 13.8 Å². The van der Waals surface area contributed by atoms with Crippen molar-refractivity contribution in [2.45, 2.75) is 33.0 Å². The van der Waals surface area contributed by atoms with Crippen molar-refractivity contribution in [1.29, 1.82) is 0 Å². The van der Waals surface area contributed by atoms with E-state index in [-0.39, 0.29) is 24.7 Å². The van der Waals surface area contributed by atoms with Gasteiger partial charge in [0.15, 0.2) is 0 Å². The molecule has 0 radical (unpaired) electrons. The summed E-state index contributed by atoms with van der Waals surface area (Å²) in [4.78, 5) is 23.0. The highest BCUT2D eigenvalue weighted by atomic mass is 16.8. The van der Waals surface area contributed by atoms with Crippen LogP contribution in [0.3, 0.4) is 0 Å². The molecule has 0 spiro atoms. The summed E-state index contributed by atoms with van der Waals surface area (Å²) in [7, 11) is 0. The molecule has 1 aliphatic heterocycles. The number of esters is 2. The molecule has 5 heteroatoms. The Hall–Kier alpha value is -1.52. The summed E-state index contributed by atoms with van der Waals surface area (Å²) < 4.78 is 14.9. The molecule has 0 N–H and O–H groups in total. The Morgan fingerprint density at radius 2 is 2.12 bits per heavy atom. The van der Waals surface area contributed by atoms with Crippen LogP contribution in [0, 0.1) is 5.92 Å². The summed E-state index contributed by atoms with van der Waals surface area (Å²) in [5.74, 6) is -3.08. The fraction of sp³-hybridized carbons (Fsp3) is 0.636. The fourth-order valence-electron chi connectivity index (χ4n) is 1.50. The average molecular weight is 228 g/mol. The number of carbonyl (C=O) groups is 2. The molecule has 16 heavy (non-hydrogen) atoms. The van der Waals surface area contributed by atoms with Crippen molar-refractivity contribution in [3.63, 3.8) is 0 Å². The predicted molar refractivity (Wildman–Crippen MR) is 55.1 cm³/mol. The molecule has 90 valence electrons. The molecule has 1 aliphatic rings. The molecular weight excluding hydrogens is 212 g/mol. The Morgan fingerprint density at radius 3 is 2.50 bits per heavy atom. The van der Waals surface area contributed by atoms with Crippen LogP contribution in [-0.4, -0.2) is 24.3 Å². The Balaban J connectivity index is 2.90. The van der Waals surface area contributed by atoms with Gasteiger partial charge in [-0.05, 0) is 19.4 Å². The van der Waals surface area contributed by atoms with Gasteiger partial charge in [0.1, 0.15) is 0 Å². The van der Waals surface area contributed by atoms with E-state index < -0.39 is 17.7 Å². The number of ether oxygens (including phenoxy) is 3. The van der Waals surface area contributed by atoms with Gasteiger partial charge in [-0.15, -0.1) is 0 Å². The van der Waals surface area contributed by atoms with E-state index in [1.165, 1.54) is 0 Å². The van der Waals surface area contributed by atoms with Gasteiger partial charge < -0.3 is 14.2 Å². The Kier molecular flexibility index (Phi) is 3.57. The van der Waals surface area contributed by atoms with Gasteiger partial charge in [0.2, 0.25) is 5.76 Å². The second-order valence-corrected chi connectivity index (χ2v) is 3.99. The topological polar surface area (TPSA) is 61.8 Å². The van der Waals surface area contributed by atoms with Crippen LogP contribution in [0.1, 0.15) is 27.2 Å². The standard InChI is InChI=1S/C11H16O5/c1-5-14-10(13)11(6-7(2)3)15-8(4)9(12)16-11/h7H,4-6H2,1-3H3. The molecular formula is C11H16O5. The minimum absolute atomic E-state index is 0.114. The highest BCUT2D eigenvalue weighted by Crippen LogP contribution is 2.33. The lowest BCUT2D eigenvalue weighted by Crippen LogP contribution is -2.42. The lowest BCUT2D eigenvalue weighted by atomic mass is 10.0. The number of carbonyl (C=O) groups excluding carboxylic acids is 2. The van der Waals surface area contributed by atoms with Crippen molar-refractivity contribution in [3.05, 3.63) is 12.3 Å². The maximum atomic E-state index is 11.7. The Labute approximate surface area is 94.4 Å². The van der Waals surface area contributed by atoms with Gasteiger partial charge in [0.05, 0.1) is 6.61 Å². The SMILES string of the molecule is C=C1OC(CC(C)C)(C(=O)OCC)OC1=O. The van der Waals surface area contributed by atoms with Crippen molar-refractivity contribution < 1.29 is 23.8 Å². The zero-order valence-corrected chi connectivity index (χ0v) is 9.74. The maximum Gasteiger partial charge on any atom is 0.392 e. The van der Waals surface area contributed by atoms with Crippen molar-refractivity contribution >= 4 is 11.9 Å². The van der Waals surface area contributed by atoms with E-state index in [1.807, 2.05) is 13.8 Å². The number of hydrogen-bond acceptors (Lipinski definition) is 5. The van der Waals surface area contributed by atoms with E-state index in [0.717, 1.165) is 0 Å². The zero-order valence-electron chi connectivity index (χ0n) is 9.74. The second-order valence-electron chi connectivity index (χ2n) is 3.99. The van der Waals surface area contributed by atoms with Crippen LogP contribution < -0.4 is 0 Å². The molecule has 1 rings (SSSR count). The van der Waals surface area contributed by atoms with Crippen molar-refractivity contribution in [1.82, 2.24) is 0 Å². The van der Waals surface area contributed by atoms with E-state index >= 15 is 0 Å². The zero-order chi connectivity index (χ0) is 12.3. The average Bonchev–Trinajstić information content (AvgIpc) is 2.42. The summed E-state index contributed by atoms with van der Waals surface area (Å²) in [6.45, 7) is 9.03. The molecule has 0 aromatic heterocycles. The molecule has 0 saturated carbocycles. The molecule has 0 bridgehead atoms. The molecule has 0 aromatic rings. The molecule has 1 fully saturated rings. The quantitative estimate of drug-likeness (QED) is 0.537. The van der Waals surface area contributed by atoms with Crippen LogP contribution in [0.15, 0.2) is 12.3 Å². The third-order valence-electron chi connectivity index (χ3n) is 2.04. The minimum atomic E-state index is -1.64. The molecule has 1 unspecified atom stereocenters. The predicted octanol–water partition coefficient (Wildman–Crippen LogP) is 1.38. The Bertz CT molecular complexity index is 302. The molecule has 5 nitrogen and oxygen atoms in total. The van der Waals surface area contributed by atoms with Crippen LogP contribution >= 0.6 is 0 Å². The van der Waals surface area contributed by atoms with E-state index in [1.54, 1.807) is 6.92 Å². The Morgan fingerprint density at radius 1 is 1.50 bits per heavy atom. The summed E-state index contributed by atoms with van der Waals surface area (Å²) in [6, 6.07) is 0. The third-order valence-corrected chi connectivity index (χ3v) is 2.04. The second kappa shape index (κ2) is 4.55. The summed E-state index contributed by atoms with van der Waals surface area (Å²) >= 11 is 0. The highest BCUT2D eigenvalue weighted by molar-refractivity contribution is 5.93. The highest BCUT2D eigenvalue weighted by Gasteiger charge is 2.53. The number of cyclic esters (lactones) is 1. The molecule has 0 aliphatic carbocycles. The van der Waals surface area contributed by atoms with Crippen LogP contribution in [-0.2, 0) is 23.8 Å². The smallest absolute Gasteiger partial charge is 0.392 e. The summed E-state index contributed by atoms with van der Waals surface area (Å²) in [5, 5.41) is 0. The normalized spacial score (nSPS) is 24.2. The minimum Gasteiger partial charge on any atom is -0.460 e. The first-order chi connectivity index (χ1) is 7.41. The van der Waals surface area contributed by atoms with Gasteiger partial charge in [0.25, 0.3) is 0 Å². The number of rotatable bonds is 4. The van der Waals surface area contributed by atoms with Crippen LogP contribution in [0.2, 0.25) is 0 Å². The van der Waals surface area contributed by atoms with Crippen LogP contribution in [0.4, 0.5) is 0 Å². The van der Waals surface area contributed by atoms with Crippen molar-refractivity contribution in [2.75, 3.05) is 6.61 Å². The lowest BCUT2D eigenvalue weighted by molar-refractivity contribution is -0.209. The summed E-state index contributed by atoms with van der Waals surface area (Å²) in [6.07, 6.45) is 0.247. The van der Waals surface area contributed by atoms with Gasteiger partial charge in [-0.2, -0.15) is 0 Å². The molecule has 1 heterocycles. The summed E-state index contributed by atoms with van der Waals surface area (Å²) in [5.41, 5.74) is 0. The van der Waals surface area contributed by atoms with E-state index in [2.05, 4.69) is 6.58 Å². The van der Waals surface area contributed by atoms with Gasteiger partial charge in [-0.3, -0.25) is 0 Å². The first-order valence-electron chi connectivity index (χ1n) is 5.19. The molecule has 0 aromatic carbocycles. The fourth-order valence-corrected chi connectivity index (χ4v) is 1.50. The molecule has 0 amide bonds. The first-order valence-corrected chi connectivity index (χ1v) is 5.19. The van der Waals surface area contributed by atoms with Gasteiger partial charge >= 0.3 is 17.7 Å². The monoisotopic (exact) mass is 228 g/mol. The van der Waals surface area contributed by atoms with Gasteiger partial charge in [-0.25, -0.2) is 9.59 Å². The third kappa shape index (κ3) is 2.35. The maximum absolute atomic E-state index is 11.7. The van der Waals surface area contributed by atoms with Crippen molar-refractivity contribution in [2.24, 2.45) is 5.92 Å². The lowest BCUT2D eigenvalue weighted by Gasteiger charge is -2.25. The van der Waals surface area contributed by atoms with E-state index in [9.17, 15) is 9.59 Å². The van der Waals surface area contributed by atoms with Crippen molar-refractivity contribution in [3.8, 4) is 0 Å². The van der Waals surface area contributed by atoms with Gasteiger partial charge in [0, 0.05) is 6.42 Å². The largest absolute Gasteiger partial charge is 0.460 e. The number of hydrogen-bond donors (Lipinski definition) is 0. The van der Waals surface area contributed by atoms with Crippen LogP contribution in [0.5, 0.6) is 0 Å². The van der Waals surface area contributed by atoms with E-state index in [0.29, 0.717) is 0 Å².